The minimum Gasteiger partial charge on any atom is -0.477 e. The molecule has 2 aromatic rings. The van der Waals surface area contributed by atoms with Crippen LogP contribution >= 0.6 is 0 Å². The number of hydrogen-bond donors (Lipinski definition) is 2. The molecule has 1 amide bonds. The summed E-state index contributed by atoms with van der Waals surface area (Å²) in [5.41, 5.74) is 0.161. The fourth-order valence-corrected chi connectivity index (χ4v) is 3.33. The summed E-state index contributed by atoms with van der Waals surface area (Å²) in [5, 5.41) is 13.4. The number of nitro benzene ring substituents is 1. The zero-order valence-corrected chi connectivity index (χ0v) is 13.5. The van der Waals surface area contributed by atoms with E-state index in [9.17, 15) is 23.3 Å². The molecule has 130 valence electrons. The van der Waals surface area contributed by atoms with Gasteiger partial charge in [0.25, 0.3) is 11.6 Å². The Morgan fingerprint density at radius 3 is 2.72 bits per heavy atom. The maximum Gasteiger partial charge on any atom is 0.270 e. The van der Waals surface area contributed by atoms with Crippen LogP contribution in [0.1, 0.15) is 0 Å². The van der Waals surface area contributed by atoms with Gasteiger partial charge < -0.3 is 10.1 Å². The molecule has 10 heteroatoms. The Labute approximate surface area is 142 Å². The van der Waals surface area contributed by atoms with E-state index < -0.39 is 27.0 Å². The summed E-state index contributed by atoms with van der Waals surface area (Å²) >= 11 is 0. The minimum absolute atomic E-state index is 0.265. The monoisotopic (exact) mass is 363 g/mol. The highest BCUT2D eigenvalue weighted by atomic mass is 32.2. The Balaban J connectivity index is 1.74. The van der Waals surface area contributed by atoms with E-state index in [1.807, 2.05) is 0 Å². The second kappa shape index (κ2) is 6.49. The number of fused-ring (bicyclic) bond motifs is 1. The summed E-state index contributed by atoms with van der Waals surface area (Å²) in [5.74, 6) is -0.0536. The van der Waals surface area contributed by atoms with E-state index in [0.29, 0.717) is 11.4 Å². The molecule has 9 nitrogen and oxygen atoms in total. The van der Waals surface area contributed by atoms with Crippen LogP contribution < -0.4 is 14.8 Å². The van der Waals surface area contributed by atoms with Gasteiger partial charge in [-0.25, -0.2) is 13.1 Å². The van der Waals surface area contributed by atoms with Crippen molar-refractivity contribution in [1.29, 1.82) is 0 Å². The van der Waals surface area contributed by atoms with Gasteiger partial charge in [0.05, 0.1) is 22.1 Å². The first-order valence-corrected chi connectivity index (χ1v) is 8.66. The van der Waals surface area contributed by atoms with Crippen LogP contribution in [0, 0.1) is 10.1 Å². The van der Waals surface area contributed by atoms with Crippen LogP contribution in [0.15, 0.2) is 53.4 Å². The predicted octanol–water partition coefficient (Wildman–Crippen LogP) is 1.27. The largest absolute Gasteiger partial charge is 0.477 e. The summed E-state index contributed by atoms with van der Waals surface area (Å²) in [7, 11) is -4.03. The van der Waals surface area contributed by atoms with Crippen molar-refractivity contribution >= 4 is 27.3 Å². The van der Waals surface area contributed by atoms with E-state index in [1.54, 1.807) is 24.3 Å². The van der Waals surface area contributed by atoms with Gasteiger partial charge in [0.15, 0.2) is 6.10 Å². The molecule has 0 aliphatic carbocycles. The molecule has 1 aliphatic rings. The Bertz CT molecular complexity index is 944. The lowest BCUT2D eigenvalue weighted by atomic mass is 10.2. The van der Waals surface area contributed by atoms with Crippen LogP contribution in [0.5, 0.6) is 5.75 Å². The summed E-state index contributed by atoms with van der Waals surface area (Å²) < 4.78 is 32.3. The molecule has 2 aromatic carbocycles. The molecule has 1 aliphatic heterocycles. The number of para-hydroxylation sites is 2. The first-order chi connectivity index (χ1) is 11.9. The molecule has 0 bridgehead atoms. The summed E-state index contributed by atoms with van der Waals surface area (Å²) in [6, 6.07) is 11.4. The van der Waals surface area contributed by atoms with E-state index >= 15 is 0 Å². The molecule has 0 aromatic heterocycles. The molecule has 1 heterocycles. The van der Waals surface area contributed by atoms with Crippen molar-refractivity contribution in [3.05, 3.63) is 58.6 Å². The predicted molar refractivity (Wildman–Crippen MR) is 87.8 cm³/mol. The number of nitrogens with zero attached hydrogens (tertiary/aromatic N) is 1. The first kappa shape index (κ1) is 16.9. The van der Waals surface area contributed by atoms with Crippen LogP contribution in [-0.2, 0) is 14.8 Å². The Kier molecular flexibility index (Phi) is 4.38. The van der Waals surface area contributed by atoms with Gasteiger partial charge in [0.1, 0.15) is 5.75 Å². The number of nitrogens with one attached hydrogen (secondary N) is 2. The Morgan fingerprint density at radius 2 is 1.96 bits per heavy atom. The number of anilines is 1. The number of rotatable bonds is 5. The zero-order valence-electron chi connectivity index (χ0n) is 12.7. The first-order valence-electron chi connectivity index (χ1n) is 7.17. The molecule has 0 spiro atoms. The number of ether oxygens (including phenoxy) is 1. The zero-order chi connectivity index (χ0) is 18.0. The third-order valence-corrected chi connectivity index (χ3v) is 4.93. The molecule has 0 saturated heterocycles. The maximum absolute atomic E-state index is 12.3. The number of benzene rings is 2. The third-order valence-electron chi connectivity index (χ3n) is 3.50. The quantitative estimate of drug-likeness (QED) is 0.608. The normalized spacial score (nSPS) is 16.5. The van der Waals surface area contributed by atoms with Crippen molar-refractivity contribution in [1.82, 2.24) is 4.72 Å². The average molecular weight is 363 g/mol. The van der Waals surface area contributed by atoms with Crippen molar-refractivity contribution < 1.29 is 22.9 Å². The van der Waals surface area contributed by atoms with E-state index in [-0.39, 0.29) is 17.1 Å². The maximum atomic E-state index is 12.3. The van der Waals surface area contributed by atoms with Gasteiger partial charge in [-0.2, -0.15) is 0 Å². The summed E-state index contributed by atoms with van der Waals surface area (Å²) in [4.78, 5) is 21.8. The molecular weight excluding hydrogens is 350 g/mol. The number of sulfonamides is 1. The topological polar surface area (TPSA) is 128 Å². The lowest BCUT2D eigenvalue weighted by molar-refractivity contribution is -0.385. The van der Waals surface area contributed by atoms with Gasteiger partial charge in [0, 0.05) is 12.1 Å². The standard InChI is InChI=1S/C15H13N3O6S/c19-15-14(24-13-7-2-1-6-12(13)17-15)9-16-25(22,23)11-5-3-4-10(8-11)18(20)21/h1-8,14,16H,9H2,(H,17,19). The smallest absolute Gasteiger partial charge is 0.270 e. The van der Waals surface area contributed by atoms with Crippen molar-refractivity contribution in [2.24, 2.45) is 0 Å². The molecule has 2 N–H and O–H groups in total. The highest BCUT2D eigenvalue weighted by Gasteiger charge is 2.29. The molecule has 1 atom stereocenters. The second-order valence-corrected chi connectivity index (χ2v) is 6.97. The van der Waals surface area contributed by atoms with Crippen LogP contribution in [-0.4, -0.2) is 31.9 Å². The minimum atomic E-state index is -4.03. The Hall–Kier alpha value is -2.98. The number of nitro groups is 1. The summed E-state index contributed by atoms with van der Waals surface area (Å²) in [6.07, 6.45) is -1.05. The molecule has 0 fully saturated rings. The van der Waals surface area contributed by atoms with Crippen LogP contribution in [0.4, 0.5) is 11.4 Å². The third kappa shape index (κ3) is 3.59. The molecule has 3 rings (SSSR count). The number of hydrogen-bond acceptors (Lipinski definition) is 6. The highest BCUT2D eigenvalue weighted by molar-refractivity contribution is 7.89. The van der Waals surface area contributed by atoms with Crippen LogP contribution in [0.2, 0.25) is 0 Å². The van der Waals surface area contributed by atoms with Gasteiger partial charge in [-0.05, 0) is 18.2 Å². The average Bonchev–Trinajstić information content (AvgIpc) is 2.60. The molecule has 1 unspecified atom stereocenters. The van der Waals surface area contributed by atoms with Crippen molar-refractivity contribution in [2.45, 2.75) is 11.0 Å². The molecule has 25 heavy (non-hydrogen) atoms. The number of carbonyl (C=O) groups is 1. The molecule has 0 saturated carbocycles. The molecule has 0 radical (unpaired) electrons. The van der Waals surface area contributed by atoms with Crippen LogP contribution in [0.3, 0.4) is 0 Å². The SMILES string of the molecule is O=C1Nc2ccccc2OC1CNS(=O)(=O)c1cccc([N+](=O)[O-])c1. The number of carbonyl (C=O) groups excluding carboxylic acids is 1. The fraction of sp³-hybridized carbons (Fsp3) is 0.133. The lowest BCUT2D eigenvalue weighted by Crippen LogP contribution is -2.45. The van der Waals surface area contributed by atoms with E-state index in [4.69, 9.17) is 4.74 Å². The molecular formula is C15H13N3O6S. The highest BCUT2D eigenvalue weighted by Crippen LogP contribution is 2.28. The van der Waals surface area contributed by atoms with Crippen molar-refractivity contribution in [3.8, 4) is 5.75 Å². The van der Waals surface area contributed by atoms with Gasteiger partial charge in [0.2, 0.25) is 10.0 Å². The van der Waals surface area contributed by atoms with Gasteiger partial charge >= 0.3 is 0 Å². The number of amides is 1. The van der Waals surface area contributed by atoms with Crippen molar-refractivity contribution in [3.63, 3.8) is 0 Å². The van der Waals surface area contributed by atoms with E-state index in [0.717, 1.165) is 6.07 Å². The lowest BCUT2D eigenvalue weighted by Gasteiger charge is -2.25. The van der Waals surface area contributed by atoms with Gasteiger partial charge in [-0.15, -0.1) is 0 Å². The Morgan fingerprint density at radius 1 is 1.20 bits per heavy atom. The fourth-order valence-electron chi connectivity index (χ4n) is 2.26. The van der Waals surface area contributed by atoms with E-state index in [2.05, 4.69) is 10.0 Å². The van der Waals surface area contributed by atoms with Crippen molar-refractivity contribution in [2.75, 3.05) is 11.9 Å². The second-order valence-electron chi connectivity index (χ2n) is 5.20. The summed E-state index contributed by atoms with van der Waals surface area (Å²) in [6.45, 7) is -0.314. The van der Waals surface area contributed by atoms with Crippen LogP contribution in [0.25, 0.3) is 0 Å². The van der Waals surface area contributed by atoms with Gasteiger partial charge in [-0.1, -0.05) is 18.2 Å². The van der Waals surface area contributed by atoms with E-state index in [1.165, 1.54) is 18.2 Å². The van der Waals surface area contributed by atoms with Gasteiger partial charge in [-0.3, -0.25) is 14.9 Å². The number of non-ortho nitro benzene ring substituents is 1.